The lowest BCUT2D eigenvalue weighted by molar-refractivity contribution is 0.179. The van der Waals surface area contributed by atoms with Gasteiger partial charge < -0.3 is 10.8 Å². The fraction of sp³-hybridized carbons (Fsp3) is 0.182. The third kappa shape index (κ3) is 2.18. The van der Waals surface area contributed by atoms with Gasteiger partial charge in [0, 0.05) is 17.0 Å². The second-order valence-corrected chi connectivity index (χ2v) is 3.96. The molecule has 4 N–H and O–H groups in total. The second kappa shape index (κ2) is 4.55. The molecule has 84 valence electrons. The SMILES string of the molecule is Nc1[nH]ncc1C(O)Cc1ccccc1Cl. The van der Waals surface area contributed by atoms with Gasteiger partial charge in [-0.05, 0) is 11.6 Å². The van der Waals surface area contributed by atoms with Crippen molar-refractivity contribution in [3.8, 4) is 0 Å². The molecule has 1 aromatic carbocycles. The highest BCUT2D eigenvalue weighted by Crippen LogP contribution is 2.25. The molecule has 0 saturated carbocycles. The van der Waals surface area contributed by atoms with Gasteiger partial charge in [-0.1, -0.05) is 29.8 Å². The van der Waals surface area contributed by atoms with Crippen LogP contribution in [0, 0.1) is 0 Å². The number of nitrogens with one attached hydrogen (secondary N) is 1. The Hall–Kier alpha value is -1.52. The summed E-state index contributed by atoms with van der Waals surface area (Å²) in [6, 6.07) is 7.40. The fourth-order valence-corrected chi connectivity index (χ4v) is 1.77. The summed E-state index contributed by atoms with van der Waals surface area (Å²) in [6.07, 6.45) is 1.25. The van der Waals surface area contributed by atoms with Crippen molar-refractivity contribution in [2.45, 2.75) is 12.5 Å². The van der Waals surface area contributed by atoms with Gasteiger partial charge >= 0.3 is 0 Å². The summed E-state index contributed by atoms with van der Waals surface area (Å²) in [4.78, 5) is 0. The molecule has 1 heterocycles. The average molecular weight is 238 g/mol. The molecule has 2 rings (SSSR count). The van der Waals surface area contributed by atoms with Crippen molar-refractivity contribution < 1.29 is 5.11 Å². The normalized spacial score (nSPS) is 12.6. The van der Waals surface area contributed by atoms with Crippen LogP contribution >= 0.6 is 11.6 Å². The number of nitrogens with zero attached hydrogens (tertiary/aromatic N) is 1. The lowest BCUT2D eigenvalue weighted by Crippen LogP contribution is -2.04. The number of aliphatic hydroxyl groups excluding tert-OH is 1. The van der Waals surface area contributed by atoms with Gasteiger partial charge in [0.05, 0.1) is 12.3 Å². The first-order valence-electron chi connectivity index (χ1n) is 4.88. The number of halogens is 1. The molecule has 4 nitrogen and oxygen atoms in total. The van der Waals surface area contributed by atoms with Gasteiger partial charge in [0.15, 0.2) is 0 Å². The Morgan fingerprint density at radius 3 is 2.81 bits per heavy atom. The number of aliphatic hydroxyl groups is 1. The lowest BCUT2D eigenvalue weighted by Gasteiger charge is -2.10. The van der Waals surface area contributed by atoms with E-state index in [4.69, 9.17) is 17.3 Å². The number of hydrogen-bond donors (Lipinski definition) is 3. The van der Waals surface area contributed by atoms with E-state index in [1.165, 1.54) is 6.20 Å². The zero-order chi connectivity index (χ0) is 11.5. The minimum atomic E-state index is -0.696. The highest BCUT2D eigenvalue weighted by atomic mass is 35.5. The zero-order valence-electron chi connectivity index (χ0n) is 8.52. The predicted octanol–water partition coefficient (Wildman–Crippen LogP) is 1.92. The lowest BCUT2D eigenvalue weighted by atomic mass is 10.0. The Morgan fingerprint density at radius 1 is 1.44 bits per heavy atom. The van der Waals surface area contributed by atoms with Crippen LogP contribution in [-0.2, 0) is 6.42 Å². The van der Waals surface area contributed by atoms with Crippen LogP contribution in [0.2, 0.25) is 5.02 Å². The van der Waals surface area contributed by atoms with Crippen molar-refractivity contribution in [1.29, 1.82) is 0 Å². The van der Waals surface area contributed by atoms with E-state index in [9.17, 15) is 5.11 Å². The van der Waals surface area contributed by atoms with E-state index in [0.29, 0.717) is 22.8 Å². The van der Waals surface area contributed by atoms with Crippen LogP contribution in [0.15, 0.2) is 30.5 Å². The summed E-state index contributed by atoms with van der Waals surface area (Å²) in [5.41, 5.74) is 7.11. The molecule has 0 amide bonds. The Kier molecular flexibility index (Phi) is 3.12. The van der Waals surface area contributed by atoms with Gasteiger partial charge in [0.25, 0.3) is 0 Å². The largest absolute Gasteiger partial charge is 0.388 e. The van der Waals surface area contributed by atoms with E-state index in [0.717, 1.165) is 5.56 Å². The van der Waals surface area contributed by atoms with Gasteiger partial charge in [-0.25, -0.2) is 0 Å². The van der Waals surface area contributed by atoms with Gasteiger partial charge in [-0.3, -0.25) is 5.10 Å². The minimum absolute atomic E-state index is 0.388. The first-order chi connectivity index (χ1) is 7.68. The Balaban J connectivity index is 2.17. The minimum Gasteiger partial charge on any atom is -0.388 e. The van der Waals surface area contributed by atoms with Crippen molar-refractivity contribution in [2.75, 3.05) is 5.73 Å². The molecular formula is C11H12ClN3O. The van der Waals surface area contributed by atoms with Crippen molar-refractivity contribution in [3.05, 3.63) is 46.6 Å². The number of rotatable bonds is 3. The number of anilines is 1. The molecule has 0 fully saturated rings. The maximum atomic E-state index is 9.97. The topological polar surface area (TPSA) is 74.9 Å². The quantitative estimate of drug-likeness (QED) is 0.764. The molecule has 0 radical (unpaired) electrons. The predicted molar refractivity (Wildman–Crippen MR) is 63.1 cm³/mol. The zero-order valence-corrected chi connectivity index (χ0v) is 9.28. The third-order valence-electron chi connectivity index (χ3n) is 2.43. The molecule has 2 aromatic rings. The summed E-state index contributed by atoms with van der Waals surface area (Å²) < 4.78 is 0. The number of nitrogens with two attached hydrogens (primary N) is 1. The van der Waals surface area contributed by atoms with Crippen LogP contribution in [-0.4, -0.2) is 15.3 Å². The number of aromatic nitrogens is 2. The van der Waals surface area contributed by atoms with Crippen molar-refractivity contribution in [1.82, 2.24) is 10.2 Å². The van der Waals surface area contributed by atoms with E-state index >= 15 is 0 Å². The van der Waals surface area contributed by atoms with Crippen molar-refractivity contribution in [2.24, 2.45) is 0 Å². The van der Waals surface area contributed by atoms with Gasteiger partial charge in [0.1, 0.15) is 5.82 Å². The highest BCUT2D eigenvalue weighted by molar-refractivity contribution is 6.31. The van der Waals surface area contributed by atoms with Crippen LogP contribution in [0.25, 0.3) is 0 Å². The summed E-state index contributed by atoms with van der Waals surface area (Å²) >= 11 is 6.00. The smallest absolute Gasteiger partial charge is 0.124 e. The Labute approximate surface area is 98.1 Å². The Bertz CT molecular complexity index is 484. The van der Waals surface area contributed by atoms with Crippen LogP contribution in [0.5, 0.6) is 0 Å². The molecule has 5 heteroatoms. The number of benzene rings is 1. The fourth-order valence-electron chi connectivity index (χ4n) is 1.55. The monoisotopic (exact) mass is 237 g/mol. The summed E-state index contributed by atoms with van der Waals surface area (Å²) in [6.45, 7) is 0. The average Bonchev–Trinajstić information content (AvgIpc) is 2.68. The molecule has 0 spiro atoms. The molecular weight excluding hydrogens is 226 g/mol. The molecule has 0 saturated heterocycles. The van der Waals surface area contributed by atoms with Crippen LogP contribution in [0.4, 0.5) is 5.82 Å². The highest BCUT2D eigenvalue weighted by Gasteiger charge is 2.14. The maximum absolute atomic E-state index is 9.97. The van der Waals surface area contributed by atoms with Crippen LogP contribution in [0.1, 0.15) is 17.2 Å². The molecule has 1 aromatic heterocycles. The van der Waals surface area contributed by atoms with Crippen LogP contribution in [0.3, 0.4) is 0 Å². The molecule has 0 aliphatic heterocycles. The van der Waals surface area contributed by atoms with Crippen LogP contribution < -0.4 is 5.73 Å². The first-order valence-corrected chi connectivity index (χ1v) is 5.26. The molecule has 0 aliphatic carbocycles. The van der Waals surface area contributed by atoms with Gasteiger partial charge in [0.2, 0.25) is 0 Å². The molecule has 1 atom stereocenters. The first kappa shape index (κ1) is 11.0. The van der Waals surface area contributed by atoms with E-state index in [-0.39, 0.29) is 0 Å². The molecule has 1 unspecified atom stereocenters. The summed E-state index contributed by atoms with van der Waals surface area (Å²) in [5.74, 6) is 0.388. The number of aromatic amines is 1. The van der Waals surface area contributed by atoms with Gasteiger partial charge in [-0.15, -0.1) is 0 Å². The van der Waals surface area contributed by atoms with Crippen molar-refractivity contribution in [3.63, 3.8) is 0 Å². The number of nitrogen functional groups attached to an aromatic ring is 1. The third-order valence-corrected chi connectivity index (χ3v) is 2.80. The standard InChI is InChI=1S/C11H12ClN3O/c12-9-4-2-1-3-7(9)5-10(16)8-6-14-15-11(8)13/h1-4,6,10,16H,5H2,(H3,13,14,15). The second-order valence-electron chi connectivity index (χ2n) is 3.55. The van der Waals surface area contributed by atoms with E-state index in [2.05, 4.69) is 10.2 Å². The molecule has 0 bridgehead atoms. The van der Waals surface area contributed by atoms with E-state index < -0.39 is 6.10 Å². The summed E-state index contributed by atoms with van der Waals surface area (Å²) in [7, 11) is 0. The summed E-state index contributed by atoms with van der Waals surface area (Å²) in [5, 5.41) is 17.0. The van der Waals surface area contributed by atoms with Gasteiger partial charge in [-0.2, -0.15) is 5.10 Å². The van der Waals surface area contributed by atoms with E-state index in [1.807, 2.05) is 18.2 Å². The maximum Gasteiger partial charge on any atom is 0.124 e. The Morgan fingerprint density at radius 2 is 2.19 bits per heavy atom. The number of H-pyrrole nitrogens is 1. The number of hydrogen-bond acceptors (Lipinski definition) is 3. The van der Waals surface area contributed by atoms with E-state index in [1.54, 1.807) is 6.07 Å². The molecule has 0 aliphatic rings. The molecule has 16 heavy (non-hydrogen) atoms. The van der Waals surface area contributed by atoms with Crippen molar-refractivity contribution >= 4 is 17.4 Å².